The summed E-state index contributed by atoms with van der Waals surface area (Å²) in [6.45, 7) is 12.6. The lowest BCUT2D eigenvalue weighted by molar-refractivity contribution is -0.123. The summed E-state index contributed by atoms with van der Waals surface area (Å²) < 4.78 is 10.8. The molecule has 2 N–H and O–H groups in total. The predicted octanol–water partition coefficient (Wildman–Crippen LogP) is 2.91. The zero-order valence-corrected chi connectivity index (χ0v) is 16.5. The number of nitriles is 1. The minimum atomic E-state index is -0.905. The van der Waals surface area contributed by atoms with E-state index < -0.39 is 23.6 Å². The fraction of sp³-hybridized carbons (Fsp3) is 0.450. The maximum Gasteiger partial charge on any atom is 0.408 e. The van der Waals surface area contributed by atoms with Crippen molar-refractivity contribution in [2.24, 2.45) is 0 Å². The summed E-state index contributed by atoms with van der Waals surface area (Å²) in [6.07, 6.45) is -0.688. The van der Waals surface area contributed by atoms with Gasteiger partial charge in [0.05, 0.1) is 17.7 Å². The SMILES string of the molecule is C=C(C)C(NC(=O)OC(C)(C)C)C(=O)NC(C)COc1ccc(C#N)cc1. The molecule has 0 radical (unpaired) electrons. The zero-order chi connectivity index (χ0) is 20.6. The van der Waals surface area contributed by atoms with E-state index in [1.165, 1.54) is 0 Å². The first-order valence-electron chi connectivity index (χ1n) is 8.60. The van der Waals surface area contributed by atoms with E-state index in [0.29, 0.717) is 16.9 Å². The second-order valence-electron chi connectivity index (χ2n) is 7.28. The third kappa shape index (κ3) is 8.27. The summed E-state index contributed by atoms with van der Waals surface area (Å²) in [5.74, 6) is 0.197. The van der Waals surface area contributed by atoms with Crippen molar-refractivity contribution in [1.29, 1.82) is 5.26 Å². The molecule has 2 atom stereocenters. The summed E-state index contributed by atoms with van der Waals surface area (Å²) in [7, 11) is 0. The van der Waals surface area contributed by atoms with Crippen LogP contribution in [0.25, 0.3) is 0 Å². The van der Waals surface area contributed by atoms with Crippen molar-refractivity contribution in [3.8, 4) is 11.8 Å². The lowest BCUT2D eigenvalue weighted by Gasteiger charge is -2.24. The van der Waals surface area contributed by atoms with Gasteiger partial charge < -0.3 is 20.1 Å². The molecule has 1 rings (SSSR count). The van der Waals surface area contributed by atoms with Crippen LogP contribution in [0.2, 0.25) is 0 Å². The van der Waals surface area contributed by atoms with Gasteiger partial charge in [-0.15, -0.1) is 0 Å². The van der Waals surface area contributed by atoms with Gasteiger partial charge in [0.2, 0.25) is 5.91 Å². The van der Waals surface area contributed by atoms with Gasteiger partial charge in [0.25, 0.3) is 0 Å². The number of carbonyl (C=O) groups is 2. The number of carbonyl (C=O) groups excluding carboxylic acids is 2. The van der Waals surface area contributed by atoms with Crippen LogP contribution in [0.3, 0.4) is 0 Å². The summed E-state index contributed by atoms with van der Waals surface area (Å²) in [5, 5.41) is 14.1. The molecular formula is C20H27N3O4. The van der Waals surface area contributed by atoms with Crippen LogP contribution in [0, 0.1) is 11.3 Å². The van der Waals surface area contributed by atoms with Crippen LogP contribution in [-0.4, -0.2) is 36.3 Å². The second kappa shape index (κ2) is 9.62. The third-order valence-corrected chi connectivity index (χ3v) is 3.29. The van der Waals surface area contributed by atoms with Crippen LogP contribution in [-0.2, 0) is 9.53 Å². The zero-order valence-electron chi connectivity index (χ0n) is 16.5. The van der Waals surface area contributed by atoms with E-state index in [1.807, 2.05) is 6.07 Å². The molecule has 0 saturated heterocycles. The molecule has 0 heterocycles. The molecule has 0 fully saturated rings. The Morgan fingerprint density at radius 3 is 2.30 bits per heavy atom. The lowest BCUT2D eigenvalue weighted by Crippen LogP contribution is -2.51. The molecule has 0 aliphatic rings. The molecule has 0 bridgehead atoms. The monoisotopic (exact) mass is 373 g/mol. The van der Waals surface area contributed by atoms with Crippen molar-refractivity contribution in [2.45, 2.75) is 52.3 Å². The number of amides is 2. The Bertz CT molecular complexity index is 714. The summed E-state index contributed by atoms with van der Waals surface area (Å²) in [5.41, 5.74) is 0.363. The molecular weight excluding hydrogens is 346 g/mol. The van der Waals surface area contributed by atoms with Crippen LogP contribution in [0.1, 0.15) is 40.2 Å². The number of hydrogen-bond donors (Lipinski definition) is 2. The highest BCUT2D eigenvalue weighted by atomic mass is 16.6. The van der Waals surface area contributed by atoms with Crippen molar-refractivity contribution in [3.05, 3.63) is 42.0 Å². The minimum Gasteiger partial charge on any atom is -0.491 e. The van der Waals surface area contributed by atoms with Gasteiger partial charge in [-0.25, -0.2) is 4.79 Å². The number of rotatable bonds is 7. The number of nitrogens with one attached hydrogen (secondary N) is 2. The van der Waals surface area contributed by atoms with Crippen LogP contribution >= 0.6 is 0 Å². The molecule has 0 spiro atoms. The van der Waals surface area contributed by atoms with Gasteiger partial charge in [0.1, 0.15) is 24.0 Å². The lowest BCUT2D eigenvalue weighted by atomic mass is 10.1. The summed E-state index contributed by atoms with van der Waals surface area (Å²) in [4.78, 5) is 24.4. The van der Waals surface area contributed by atoms with Crippen molar-refractivity contribution >= 4 is 12.0 Å². The largest absolute Gasteiger partial charge is 0.491 e. The second-order valence-corrected chi connectivity index (χ2v) is 7.28. The standard InChI is InChI=1S/C20H27N3O4/c1-13(2)17(23-19(25)27-20(4,5)6)18(24)22-14(3)12-26-16-9-7-15(11-21)8-10-16/h7-10,14,17H,1,12H2,2-6H3,(H,22,24)(H,23,25). The Morgan fingerprint density at radius 2 is 1.81 bits per heavy atom. The van der Waals surface area contributed by atoms with Gasteiger partial charge in [-0.1, -0.05) is 6.58 Å². The number of hydrogen-bond acceptors (Lipinski definition) is 5. The van der Waals surface area contributed by atoms with E-state index in [1.54, 1.807) is 58.9 Å². The van der Waals surface area contributed by atoms with E-state index >= 15 is 0 Å². The highest BCUT2D eigenvalue weighted by Gasteiger charge is 2.25. The van der Waals surface area contributed by atoms with Crippen molar-refractivity contribution in [2.75, 3.05) is 6.61 Å². The Morgan fingerprint density at radius 1 is 1.22 bits per heavy atom. The molecule has 0 saturated carbocycles. The van der Waals surface area contributed by atoms with Crippen LogP contribution in [0.15, 0.2) is 36.4 Å². The van der Waals surface area contributed by atoms with Crippen molar-refractivity contribution in [3.63, 3.8) is 0 Å². The fourth-order valence-electron chi connectivity index (χ4n) is 2.05. The topological polar surface area (TPSA) is 100 Å². The van der Waals surface area contributed by atoms with Gasteiger partial charge in [0.15, 0.2) is 0 Å². The highest BCUT2D eigenvalue weighted by molar-refractivity contribution is 5.88. The van der Waals surface area contributed by atoms with Gasteiger partial charge in [0, 0.05) is 0 Å². The molecule has 0 aromatic heterocycles. The Hall–Kier alpha value is -3.01. The van der Waals surface area contributed by atoms with Crippen LogP contribution < -0.4 is 15.4 Å². The molecule has 0 aliphatic heterocycles. The average molecular weight is 373 g/mol. The minimum absolute atomic E-state index is 0.229. The third-order valence-electron chi connectivity index (χ3n) is 3.29. The smallest absolute Gasteiger partial charge is 0.408 e. The molecule has 0 aliphatic carbocycles. The summed E-state index contributed by atoms with van der Waals surface area (Å²) in [6, 6.07) is 7.50. The molecule has 2 unspecified atom stereocenters. The Labute approximate surface area is 160 Å². The first-order valence-corrected chi connectivity index (χ1v) is 8.60. The van der Waals surface area contributed by atoms with E-state index in [9.17, 15) is 9.59 Å². The molecule has 27 heavy (non-hydrogen) atoms. The first-order chi connectivity index (χ1) is 12.5. The maximum atomic E-state index is 12.5. The molecule has 1 aromatic rings. The summed E-state index contributed by atoms with van der Waals surface area (Å²) >= 11 is 0. The predicted molar refractivity (Wildman–Crippen MR) is 102 cm³/mol. The maximum absolute atomic E-state index is 12.5. The van der Waals surface area contributed by atoms with Crippen molar-refractivity contribution < 1.29 is 19.1 Å². The van der Waals surface area contributed by atoms with Gasteiger partial charge in [-0.3, -0.25) is 4.79 Å². The number of ether oxygens (including phenoxy) is 2. The van der Waals surface area contributed by atoms with E-state index in [4.69, 9.17) is 14.7 Å². The van der Waals surface area contributed by atoms with Gasteiger partial charge in [-0.05, 0) is 64.5 Å². The van der Waals surface area contributed by atoms with Crippen LogP contribution in [0.5, 0.6) is 5.75 Å². The Balaban J connectivity index is 2.57. The fourth-order valence-corrected chi connectivity index (χ4v) is 2.05. The molecule has 2 amide bonds. The number of benzene rings is 1. The number of alkyl carbamates (subject to hydrolysis) is 1. The quantitative estimate of drug-likeness (QED) is 0.716. The molecule has 7 nitrogen and oxygen atoms in total. The molecule has 7 heteroatoms. The highest BCUT2D eigenvalue weighted by Crippen LogP contribution is 2.12. The van der Waals surface area contributed by atoms with Crippen molar-refractivity contribution in [1.82, 2.24) is 10.6 Å². The van der Waals surface area contributed by atoms with E-state index in [-0.39, 0.29) is 12.6 Å². The Kier molecular flexibility index (Phi) is 7.85. The van der Waals surface area contributed by atoms with Crippen LogP contribution in [0.4, 0.5) is 4.79 Å². The van der Waals surface area contributed by atoms with E-state index in [2.05, 4.69) is 17.2 Å². The average Bonchev–Trinajstić information content (AvgIpc) is 2.56. The molecule has 1 aromatic carbocycles. The van der Waals surface area contributed by atoms with E-state index in [0.717, 1.165) is 0 Å². The molecule has 146 valence electrons. The first kappa shape index (κ1) is 22.0. The van der Waals surface area contributed by atoms with Gasteiger partial charge in [-0.2, -0.15) is 5.26 Å². The number of nitrogens with zero attached hydrogens (tertiary/aromatic N) is 1. The van der Waals surface area contributed by atoms with Gasteiger partial charge >= 0.3 is 6.09 Å². The normalized spacial score (nSPS) is 12.9.